The Kier molecular flexibility index (Phi) is 6.98. The lowest BCUT2D eigenvalue weighted by molar-refractivity contribution is 0.0898. The summed E-state index contributed by atoms with van der Waals surface area (Å²) < 4.78 is 5.23. The fourth-order valence-electron chi connectivity index (χ4n) is 2.45. The van der Waals surface area contributed by atoms with Crippen LogP contribution in [0.4, 0.5) is 0 Å². The van der Waals surface area contributed by atoms with Crippen molar-refractivity contribution in [2.45, 2.75) is 45.1 Å². The third-order valence-corrected chi connectivity index (χ3v) is 3.32. The van der Waals surface area contributed by atoms with Crippen LogP contribution in [-0.4, -0.2) is 37.5 Å². The van der Waals surface area contributed by atoms with Crippen LogP contribution >= 0.6 is 0 Å². The summed E-state index contributed by atoms with van der Waals surface area (Å²) in [6, 6.07) is 0.696. The van der Waals surface area contributed by atoms with Gasteiger partial charge in [-0.2, -0.15) is 0 Å². The number of nitrogens with one attached hydrogen (secondary N) is 1. The summed E-state index contributed by atoms with van der Waals surface area (Å²) >= 11 is 0. The Labute approximate surface area is 93.2 Å². The van der Waals surface area contributed by atoms with Crippen LogP contribution < -0.4 is 5.32 Å². The maximum atomic E-state index is 8.55. The minimum absolute atomic E-state index is 0.126. The van der Waals surface area contributed by atoms with Crippen LogP contribution in [0.25, 0.3) is 0 Å². The van der Waals surface area contributed by atoms with Crippen LogP contribution in [0.1, 0.15) is 39.0 Å². The summed E-state index contributed by atoms with van der Waals surface area (Å²) in [6.07, 6.45) is 6.75. The Morgan fingerprint density at radius 2 is 2.07 bits per heavy atom. The minimum Gasteiger partial charge on any atom is -0.394 e. The van der Waals surface area contributed by atoms with Crippen molar-refractivity contribution in [2.75, 3.05) is 26.4 Å². The smallest absolute Gasteiger partial charge is 0.0698 e. The number of aliphatic hydroxyl groups is 1. The topological polar surface area (TPSA) is 41.5 Å². The maximum absolute atomic E-state index is 8.55. The second-order valence-electron chi connectivity index (χ2n) is 4.35. The molecule has 3 heteroatoms. The Balaban J connectivity index is 2.07. The van der Waals surface area contributed by atoms with E-state index < -0.39 is 0 Å². The molecule has 0 spiro atoms. The Morgan fingerprint density at radius 3 is 2.80 bits per heavy atom. The molecule has 0 aromatic heterocycles. The molecule has 2 unspecified atom stereocenters. The average molecular weight is 215 g/mol. The first-order chi connectivity index (χ1) is 7.38. The molecule has 3 nitrogen and oxygen atoms in total. The molecule has 0 radical (unpaired) electrons. The van der Waals surface area contributed by atoms with Crippen LogP contribution in [0, 0.1) is 5.92 Å². The van der Waals surface area contributed by atoms with E-state index in [-0.39, 0.29) is 6.61 Å². The van der Waals surface area contributed by atoms with Gasteiger partial charge in [0.1, 0.15) is 0 Å². The quantitative estimate of drug-likeness (QED) is 0.633. The predicted octanol–water partition coefficient (Wildman–Crippen LogP) is 1.55. The molecule has 2 N–H and O–H groups in total. The number of rotatable bonds is 7. The van der Waals surface area contributed by atoms with Gasteiger partial charge < -0.3 is 15.2 Å². The molecule has 0 aliphatic heterocycles. The normalized spacial score (nSPS) is 26.8. The van der Waals surface area contributed by atoms with Crippen molar-refractivity contribution in [1.29, 1.82) is 0 Å². The van der Waals surface area contributed by atoms with Gasteiger partial charge in [0, 0.05) is 12.6 Å². The SMILES string of the molecule is CCC1CCCCC1NCCOCCO. The molecular weight excluding hydrogens is 190 g/mol. The van der Waals surface area contributed by atoms with Gasteiger partial charge in [-0.25, -0.2) is 0 Å². The molecule has 0 aromatic rings. The second kappa shape index (κ2) is 8.08. The monoisotopic (exact) mass is 215 g/mol. The van der Waals surface area contributed by atoms with Gasteiger partial charge >= 0.3 is 0 Å². The van der Waals surface area contributed by atoms with E-state index in [1.165, 1.54) is 32.1 Å². The summed E-state index contributed by atoms with van der Waals surface area (Å²) in [5.41, 5.74) is 0. The zero-order valence-corrected chi connectivity index (χ0v) is 9.87. The summed E-state index contributed by atoms with van der Waals surface area (Å²) in [5, 5.41) is 12.1. The number of aliphatic hydroxyl groups excluding tert-OH is 1. The second-order valence-corrected chi connectivity index (χ2v) is 4.35. The molecule has 90 valence electrons. The summed E-state index contributed by atoms with van der Waals surface area (Å²) in [4.78, 5) is 0. The van der Waals surface area contributed by atoms with E-state index in [9.17, 15) is 0 Å². The van der Waals surface area contributed by atoms with E-state index in [0.29, 0.717) is 19.3 Å². The van der Waals surface area contributed by atoms with Gasteiger partial charge in [0.2, 0.25) is 0 Å². The summed E-state index contributed by atoms with van der Waals surface area (Å²) in [5.74, 6) is 0.858. The molecule has 1 saturated carbocycles. The largest absolute Gasteiger partial charge is 0.394 e. The van der Waals surface area contributed by atoms with Crippen LogP contribution in [-0.2, 0) is 4.74 Å². The van der Waals surface area contributed by atoms with Crippen LogP contribution in [0.2, 0.25) is 0 Å². The van der Waals surface area contributed by atoms with Crippen molar-refractivity contribution < 1.29 is 9.84 Å². The molecule has 1 rings (SSSR count). The first kappa shape index (κ1) is 12.9. The average Bonchev–Trinajstić information content (AvgIpc) is 2.29. The molecule has 0 heterocycles. The van der Waals surface area contributed by atoms with Gasteiger partial charge in [0.15, 0.2) is 0 Å². The van der Waals surface area contributed by atoms with E-state index in [0.717, 1.165) is 12.5 Å². The van der Waals surface area contributed by atoms with Gasteiger partial charge in [-0.05, 0) is 18.8 Å². The van der Waals surface area contributed by atoms with Gasteiger partial charge in [0.25, 0.3) is 0 Å². The maximum Gasteiger partial charge on any atom is 0.0698 e. The molecule has 1 aliphatic carbocycles. The van der Waals surface area contributed by atoms with E-state index in [2.05, 4.69) is 12.2 Å². The van der Waals surface area contributed by atoms with Crippen molar-refractivity contribution in [3.8, 4) is 0 Å². The molecule has 0 bridgehead atoms. The third-order valence-electron chi connectivity index (χ3n) is 3.32. The zero-order chi connectivity index (χ0) is 10.9. The van der Waals surface area contributed by atoms with Crippen molar-refractivity contribution in [3.05, 3.63) is 0 Å². The van der Waals surface area contributed by atoms with Crippen LogP contribution in [0.5, 0.6) is 0 Å². The predicted molar refractivity (Wildman–Crippen MR) is 61.9 cm³/mol. The fourth-order valence-corrected chi connectivity index (χ4v) is 2.45. The van der Waals surface area contributed by atoms with Gasteiger partial charge in [-0.3, -0.25) is 0 Å². The molecule has 1 fully saturated rings. The molecule has 0 aromatic carbocycles. The highest BCUT2D eigenvalue weighted by Gasteiger charge is 2.22. The lowest BCUT2D eigenvalue weighted by Crippen LogP contribution is -2.40. The molecule has 15 heavy (non-hydrogen) atoms. The fraction of sp³-hybridized carbons (Fsp3) is 1.00. The van der Waals surface area contributed by atoms with E-state index in [1.54, 1.807) is 0 Å². The number of ether oxygens (including phenoxy) is 1. The Hall–Kier alpha value is -0.120. The molecule has 1 aliphatic rings. The molecule has 0 amide bonds. The van der Waals surface area contributed by atoms with Crippen molar-refractivity contribution in [2.24, 2.45) is 5.92 Å². The van der Waals surface area contributed by atoms with Gasteiger partial charge in [-0.1, -0.05) is 26.2 Å². The highest BCUT2D eigenvalue weighted by molar-refractivity contribution is 4.79. The van der Waals surface area contributed by atoms with E-state index >= 15 is 0 Å². The molecular formula is C12H25NO2. The van der Waals surface area contributed by atoms with Crippen molar-refractivity contribution in [3.63, 3.8) is 0 Å². The van der Waals surface area contributed by atoms with Crippen LogP contribution in [0.3, 0.4) is 0 Å². The first-order valence-electron chi connectivity index (χ1n) is 6.30. The zero-order valence-electron chi connectivity index (χ0n) is 9.87. The minimum atomic E-state index is 0.126. The number of hydrogen-bond donors (Lipinski definition) is 2. The molecule has 2 atom stereocenters. The Bertz CT molecular complexity index is 153. The van der Waals surface area contributed by atoms with E-state index in [1.807, 2.05) is 0 Å². The number of hydrogen-bond acceptors (Lipinski definition) is 3. The highest BCUT2D eigenvalue weighted by atomic mass is 16.5. The van der Waals surface area contributed by atoms with Crippen molar-refractivity contribution in [1.82, 2.24) is 5.32 Å². The van der Waals surface area contributed by atoms with Crippen molar-refractivity contribution >= 4 is 0 Å². The lowest BCUT2D eigenvalue weighted by atomic mass is 9.83. The standard InChI is InChI=1S/C12H25NO2/c1-2-11-5-3-4-6-12(11)13-7-9-15-10-8-14/h11-14H,2-10H2,1H3. The van der Waals surface area contributed by atoms with Gasteiger partial charge in [0.05, 0.1) is 19.8 Å². The Morgan fingerprint density at radius 1 is 1.27 bits per heavy atom. The summed E-state index contributed by atoms with van der Waals surface area (Å²) in [7, 11) is 0. The van der Waals surface area contributed by atoms with Crippen LogP contribution in [0.15, 0.2) is 0 Å². The third kappa shape index (κ3) is 4.96. The van der Waals surface area contributed by atoms with E-state index in [4.69, 9.17) is 9.84 Å². The van der Waals surface area contributed by atoms with Gasteiger partial charge in [-0.15, -0.1) is 0 Å². The highest BCUT2D eigenvalue weighted by Crippen LogP contribution is 2.26. The first-order valence-corrected chi connectivity index (χ1v) is 6.30. The molecule has 0 saturated heterocycles. The summed E-state index contributed by atoms with van der Waals surface area (Å²) in [6.45, 7) is 4.51. The lowest BCUT2D eigenvalue weighted by Gasteiger charge is -2.31.